The van der Waals surface area contributed by atoms with E-state index in [1.54, 1.807) is 0 Å². The van der Waals surface area contributed by atoms with Crippen molar-refractivity contribution in [1.29, 1.82) is 0 Å². The Kier molecular flexibility index (Phi) is 9.11. The zero-order chi connectivity index (χ0) is 40.3. The van der Waals surface area contributed by atoms with Gasteiger partial charge in [0.15, 0.2) is 0 Å². The maximum Gasteiger partial charge on any atom is 0.138 e. The van der Waals surface area contributed by atoms with Gasteiger partial charge in [0, 0.05) is 46.9 Å². The van der Waals surface area contributed by atoms with E-state index < -0.39 is 0 Å². The highest BCUT2D eigenvalue weighted by atomic mass is 16.5. The fourth-order valence-electron chi connectivity index (χ4n) is 8.24. The largest absolute Gasteiger partial charge is 0.457 e. The van der Waals surface area contributed by atoms with Gasteiger partial charge >= 0.3 is 0 Å². The minimum atomic E-state index is -0.0809. The molecule has 0 atom stereocenters. The van der Waals surface area contributed by atoms with Gasteiger partial charge in [0.2, 0.25) is 0 Å². The zero-order valence-corrected chi connectivity index (χ0v) is 34.8. The second kappa shape index (κ2) is 14.2. The molecule has 0 fully saturated rings. The average Bonchev–Trinajstić information content (AvgIpc) is 3.55. The van der Waals surface area contributed by atoms with E-state index in [4.69, 9.17) is 14.7 Å². The van der Waals surface area contributed by atoms with Gasteiger partial charge in [-0.15, -0.1) is 0 Å². The lowest BCUT2D eigenvalue weighted by Gasteiger charge is -2.29. The predicted octanol–water partition coefficient (Wildman–Crippen LogP) is 14.4. The monoisotopic (exact) mass is 761 g/mol. The molecule has 0 saturated carbocycles. The molecule has 6 nitrogen and oxygen atoms in total. The first kappa shape index (κ1) is 37.2. The van der Waals surface area contributed by atoms with Crippen LogP contribution in [-0.2, 0) is 10.8 Å². The summed E-state index contributed by atoms with van der Waals surface area (Å²) in [5.41, 5.74) is 13.7. The smallest absolute Gasteiger partial charge is 0.138 e. The van der Waals surface area contributed by atoms with E-state index in [1.165, 1.54) is 27.8 Å². The molecule has 4 heterocycles. The third-order valence-electron chi connectivity index (χ3n) is 11.4. The molecule has 0 aliphatic carbocycles. The number of aromatic nitrogens is 2. The molecule has 58 heavy (non-hydrogen) atoms. The zero-order valence-electron chi connectivity index (χ0n) is 34.8. The van der Waals surface area contributed by atoms with Crippen LogP contribution in [0, 0.1) is 0 Å². The Balaban J connectivity index is 1.10. The molecule has 0 saturated heterocycles. The van der Waals surface area contributed by atoms with Crippen molar-refractivity contribution in [3.05, 3.63) is 163 Å². The van der Waals surface area contributed by atoms with Crippen LogP contribution < -0.4 is 19.4 Å². The number of nitrogens with zero attached hydrogens (tertiary/aromatic N) is 5. The third-order valence-corrected chi connectivity index (χ3v) is 11.4. The highest BCUT2D eigenvalue weighted by Gasteiger charge is 2.33. The number of fused-ring (bicyclic) bond motifs is 6. The van der Waals surface area contributed by atoms with E-state index in [-0.39, 0.29) is 10.8 Å². The summed E-state index contributed by atoms with van der Waals surface area (Å²) < 4.78 is 6.82. The summed E-state index contributed by atoms with van der Waals surface area (Å²) in [5, 5.41) is 0. The standard InChI is InChI=1S/C52H51N5O/c1-34(2)35-28-44(52(6,7)8)50(54-32-35)56-33-55(46-22-13-14-23-47(46)56)37-16-15-17-38(30-37)58-39-24-25-43-41-19-10-9-18-40(41)42-20-11-12-21-45(42)57(48(43)31-39)49-29-36(26-27-53-49)51(3,4)5/h9-32,34H,33H2,1-8H3. The molecular formula is C52H51N5O. The first-order chi connectivity index (χ1) is 27.8. The maximum absolute atomic E-state index is 6.82. The molecule has 0 unspecified atom stereocenters. The molecule has 0 bridgehead atoms. The number of ether oxygens (including phenoxy) is 1. The summed E-state index contributed by atoms with van der Waals surface area (Å²) in [6, 6.07) is 47.5. The minimum Gasteiger partial charge on any atom is -0.457 e. The van der Waals surface area contributed by atoms with Gasteiger partial charge in [0.1, 0.15) is 29.8 Å². The Morgan fingerprint density at radius 2 is 1.19 bits per heavy atom. The molecule has 2 aromatic heterocycles. The molecule has 2 aliphatic heterocycles. The van der Waals surface area contributed by atoms with Crippen molar-refractivity contribution < 1.29 is 4.74 Å². The van der Waals surface area contributed by atoms with Crippen LogP contribution in [0.4, 0.5) is 40.1 Å². The Bertz CT molecular complexity index is 2670. The predicted molar refractivity (Wildman–Crippen MR) is 241 cm³/mol. The molecular weight excluding hydrogens is 711 g/mol. The average molecular weight is 762 g/mol. The lowest BCUT2D eigenvalue weighted by Crippen LogP contribution is -2.27. The van der Waals surface area contributed by atoms with E-state index in [0.717, 1.165) is 62.7 Å². The van der Waals surface area contributed by atoms with E-state index in [0.29, 0.717) is 12.6 Å². The highest BCUT2D eigenvalue weighted by Crippen LogP contribution is 2.52. The topological polar surface area (TPSA) is 44.7 Å². The molecule has 0 radical (unpaired) electrons. The molecule has 9 rings (SSSR count). The van der Waals surface area contributed by atoms with Crippen molar-refractivity contribution in [2.45, 2.75) is 72.1 Å². The number of anilines is 7. The number of para-hydroxylation sites is 3. The molecule has 7 aromatic rings. The quantitative estimate of drug-likeness (QED) is 0.168. The lowest BCUT2D eigenvalue weighted by molar-refractivity contribution is 0.483. The number of rotatable bonds is 6. The summed E-state index contributed by atoms with van der Waals surface area (Å²) >= 11 is 0. The molecule has 0 N–H and O–H groups in total. The SMILES string of the molecule is CC(C)c1cnc(N2CN(c3cccc(Oc4ccc5c(c4)N(c4cc(C(C)(C)C)ccn4)c4ccccc4-c4ccccc4-5)c3)c3ccccc32)c(C(C)(C)C)c1. The van der Waals surface area contributed by atoms with E-state index in [1.807, 2.05) is 18.5 Å². The molecule has 6 heteroatoms. The van der Waals surface area contributed by atoms with Crippen LogP contribution in [0.3, 0.4) is 0 Å². The van der Waals surface area contributed by atoms with Crippen LogP contribution in [0.5, 0.6) is 11.5 Å². The Hall–Kier alpha value is -6.40. The maximum atomic E-state index is 6.82. The fourth-order valence-corrected chi connectivity index (χ4v) is 8.24. The summed E-state index contributed by atoms with van der Waals surface area (Å²) in [7, 11) is 0. The van der Waals surface area contributed by atoms with Gasteiger partial charge in [-0.3, -0.25) is 4.90 Å². The minimum absolute atomic E-state index is 0.0402. The van der Waals surface area contributed by atoms with E-state index >= 15 is 0 Å². The van der Waals surface area contributed by atoms with Crippen molar-refractivity contribution >= 4 is 40.1 Å². The first-order valence-electron chi connectivity index (χ1n) is 20.4. The van der Waals surface area contributed by atoms with Crippen molar-refractivity contribution in [2.24, 2.45) is 0 Å². The van der Waals surface area contributed by atoms with Crippen LogP contribution in [0.25, 0.3) is 22.3 Å². The second-order valence-electron chi connectivity index (χ2n) is 17.9. The van der Waals surface area contributed by atoms with Crippen molar-refractivity contribution in [1.82, 2.24) is 9.97 Å². The molecule has 5 aromatic carbocycles. The number of hydrogen-bond donors (Lipinski definition) is 0. The van der Waals surface area contributed by atoms with Crippen molar-refractivity contribution in [2.75, 3.05) is 21.4 Å². The lowest BCUT2D eigenvalue weighted by atomic mass is 9.85. The molecule has 0 amide bonds. The second-order valence-corrected chi connectivity index (χ2v) is 17.9. The first-order valence-corrected chi connectivity index (χ1v) is 20.4. The number of pyridine rings is 2. The highest BCUT2D eigenvalue weighted by molar-refractivity contribution is 6.02. The van der Waals surface area contributed by atoms with Crippen LogP contribution in [-0.4, -0.2) is 16.6 Å². The van der Waals surface area contributed by atoms with Gasteiger partial charge in [0.05, 0.1) is 22.7 Å². The van der Waals surface area contributed by atoms with Gasteiger partial charge in [-0.2, -0.15) is 0 Å². The van der Waals surface area contributed by atoms with Gasteiger partial charge in [-0.25, -0.2) is 9.97 Å². The summed E-state index contributed by atoms with van der Waals surface area (Å²) in [6.45, 7) is 18.7. The fraction of sp³-hybridized carbons (Fsp3) is 0.231. The van der Waals surface area contributed by atoms with Gasteiger partial charge in [-0.05, 0) is 99.7 Å². The van der Waals surface area contributed by atoms with E-state index in [2.05, 4.69) is 197 Å². The van der Waals surface area contributed by atoms with E-state index in [9.17, 15) is 0 Å². The third kappa shape index (κ3) is 6.66. The molecule has 290 valence electrons. The normalized spacial score (nSPS) is 13.5. The summed E-state index contributed by atoms with van der Waals surface area (Å²) in [5.74, 6) is 3.78. The Morgan fingerprint density at radius 3 is 1.88 bits per heavy atom. The summed E-state index contributed by atoms with van der Waals surface area (Å²) in [6.07, 6.45) is 3.98. The van der Waals surface area contributed by atoms with Gasteiger partial charge in [0.25, 0.3) is 0 Å². The van der Waals surface area contributed by atoms with Gasteiger partial charge in [-0.1, -0.05) is 116 Å². The molecule has 0 spiro atoms. The molecule has 2 aliphatic rings. The number of hydrogen-bond acceptors (Lipinski definition) is 6. The van der Waals surface area contributed by atoms with Crippen LogP contribution in [0.2, 0.25) is 0 Å². The Labute approximate surface area is 343 Å². The number of benzene rings is 5. The van der Waals surface area contributed by atoms with Crippen LogP contribution >= 0.6 is 0 Å². The Morgan fingerprint density at radius 1 is 0.552 bits per heavy atom. The van der Waals surface area contributed by atoms with Crippen molar-refractivity contribution in [3.63, 3.8) is 0 Å². The van der Waals surface area contributed by atoms with Crippen LogP contribution in [0.15, 0.2) is 146 Å². The van der Waals surface area contributed by atoms with Crippen LogP contribution in [0.1, 0.15) is 78.0 Å². The van der Waals surface area contributed by atoms with Gasteiger partial charge < -0.3 is 14.5 Å². The summed E-state index contributed by atoms with van der Waals surface area (Å²) in [4.78, 5) is 17.1. The van der Waals surface area contributed by atoms with Crippen molar-refractivity contribution in [3.8, 4) is 33.8 Å².